The highest BCUT2D eigenvalue weighted by Crippen LogP contribution is 2.18. The van der Waals surface area contributed by atoms with Gasteiger partial charge in [-0.3, -0.25) is 0 Å². The zero-order chi connectivity index (χ0) is 12.7. The molecule has 0 saturated heterocycles. The van der Waals surface area contributed by atoms with Gasteiger partial charge in [0.25, 0.3) is 0 Å². The molecule has 0 aliphatic carbocycles. The van der Waals surface area contributed by atoms with Crippen LogP contribution in [0.15, 0.2) is 30.5 Å². The molecule has 1 heterocycles. The molecule has 0 aliphatic rings. The van der Waals surface area contributed by atoms with Crippen LogP contribution in [0, 0.1) is 5.92 Å². The van der Waals surface area contributed by atoms with E-state index in [-0.39, 0.29) is 0 Å². The van der Waals surface area contributed by atoms with Gasteiger partial charge >= 0.3 is 0 Å². The molecule has 2 aromatic rings. The topological polar surface area (TPSA) is 15.8 Å². The van der Waals surface area contributed by atoms with E-state index in [1.54, 1.807) is 0 Å². The first kappa shape index (κ1) is 13.8. The normalized spacial score (nSPS) is 12.0. The number of H-pyrrole nitrogens is 1. The number of nitrogens with one attached hydrogen (secondary N) is 1. The second-order valence-corrected chi connectivity index (χ2v) is 4.50. The fourth-order valence-corrected chi connectivity index (χ4v) is 2.22. The summed E-state index contributed by atoms with van der Waals surface area (Å²) >= 11 is 0. The van der Waals surface area contributed by atoms with Crippen molar-refractivity contribution < 1.29 is 0 Å². The van der Waals surface area contributed by atoms with Crippen LogP contribution in [0.3, 0.4) is 0 Å². The van der Waals surface area contributed by atoms with Crippen LogP contribution >= 0.6 is 0 Å². The van der Waals surface area contributed by atoms with Crippen LogP contribution < -0.4 is 0 Å². The van der Waals surface area contributed by atoms with E-state index in [4.69, 9.17) is 0 Å². The van der Waals surface area contributed by atoms with Gasteiger partial charge < -0.3 is 4.98 Å². The van der Waals surface area contributed by atoms with Crippen LogP contribution in [0.5, 0.6) is 0 Å². The van der Waals surface area contributed by atoms with E-state index in [2.05, 4.69) is 43.1 Å². The molecule has 0 fully saturated rings. The standard InChI is InChI=1S/C14H19N.C2H6/c1-3-4-11(2)9-12-5-6-13-7-8-15-14(13)10-12;1-2/h5-8,10-11,15H,3-4,9H2,1-2H3;1-2H3. The van der Waals surface area contributed by atoms with E-state index in [0.717, 1.165) is 5.92 Å². The van der Waals surface area contributed by atoms with E-state index >= 15 is 0 Å². The second-order valence-electron chi connectivity index (χ2n) is 4.50. The van der Waals surface area contributed by atoms with Crippen LogP contribution in [0.2, 0.25) is 0 Å². The summed E-state index contributed by atoms with van der Waals surface area (Å²) in [5.41, 5.74) is 2.71. The zero-order valence-electron chi connectivity index (χ0n) is 11.6. The molecule has 94 valence electrons. The second kappa shape index (κ2) is 7.16. The number of hydrogen-bond acceptors (Lipinski definition) is 0. The summed E-state index contributed by atoms with van der Waals surface area (Å²) in [5, 5.41) is 1.31. The lowest BCUT2D eigenvalue weighted by Gasteiger charge is -2.09. The molecule has 2 rings (SSSR count). The third-order valence-corrected chi connectivity index (χ3v) is 2.99. The fraction of sp³-hybridized carbons (Fsp3) is 0.500. The summed E-state index contributed by atoms with van der Waals surface area (Å²) in [6.07, 6.45) is 5.81. The minimum absolute atomic E-state index is 0.794. The Morgan fingerprint density at radius 1 is 1.18 bits per heavy atom. The van der Waals surface area contributed by atoms with Crippen LogP contribution in [0.25, 0.3) is 10.9 Å². The number of rotatable bonds is 4. The van der Waals surface area contributed by atoms with E-state index in [0.29, 0.717) is 0 Å². The molecular weight excluding hydrogens is 206 g/mol. The minimum Gasteiger partial charge on any atom is -0.361 e. The highest BCUT2D eigenvalue weighted by Gasteiger charge is 2.03. The summed E-state index contributed by atoms with van der Waals surface area (Å²) in [6.45, 7) is 8.59. The number of aromatic amines is 1. The molecule has 0 spiro atoms. The first-order valence-corrected chi connectivity index (χ1v) is 6.85. The molecule has 1 N–H and O–H groups in total. The van der Waals surface area contributed by atoms with Gasteiger partial charge in [0.1, 0.15) is 0 Å². The van der Waals surface area contributed by atoms with Crippen molar-refractivity contribution in [3.8, 4) is 0 Å². The van der Waals surface area contributed by atoms with Gasteiger partial charge in [-0.2, -0.15) is 0 Å². The molecule has 0 aliphatic heterocycles. The Morgan fingerprint density at radius 2 is 1.94 bits per heavy atom. The van der Waals surface area contributed by atoms with Crippen molar-refractivity contribution in [2.75, 3.05) is 0 Å². The molecule has 17 heavy (non-hydrogen) atoms. The van der Waals surface area contributed by atoms with Crippen molar-refractivity contribution in [2.24, 2.45) is 5.92 Å². The van der Waals surface area contributed by atoms with E-state index in [9.17, 15) is 0 Å². The van der Waals surface area contributed by atoms with Crippen molar-refractivity contribution in [2.45, 2.75) is 47.0 Å². The largest absolute Gasteiger partial charge is 0.361 e. The SMILES string of the molecule is CC.CCCC(C)Cc1ccc2cc[nH]c2c1. The first-order chi connectivity index (χ1) is 8.29. The molecule has 0 saturated carbocycles. The molecule has 0 amide bonds. The van der Waals surface area contributed by atoms with Crippen molar-refractivity contribution in [1.29, 1.82) is 0 Å². The summed E-state index contributed by atoms with van der Waals surface area (Å²) in [5.74, 6) is 0.794. The van der Waals surface area contributed by atoms with E-state index in [1.807, 2.05) is 20.0 Å². The molecular formula is C16H25N. The Kier molecular flexibility index (Phi) is 5.82. The van der Waals surface area contributed by atoms with Crippen molar-refractivity contribution >= 4 is 10.9 Å². The summed E-state index contributed by atoms with van der Waals surface area (Å²) < 4.78 is 0. The van der Waals surface area contributed by atoms with Crippen LogP contribution in [-0.2, 0) is 6.42 Å². The van der Waals surface area contributed by atoms with E-state index in [1.165, 1.54) is 35.7 Å². The Bertz CT molecular complexity index is 428. The van der Waals surface area contributed by atoms with Crippen molar-refractivity contribution in [1.82, 2.24) is 4.98 Å². The van der Waals surface area contributed by atoms with Crippen molar-refractivity contribution in [3.63, 3.8) is 0 Å². The third-order valence-electron chi connectivity index (χ3n) is 2.99. The Labute approximate surface area is 105 Å². The number of fused-ring (bicyclic) bond motifs is 1. The van der Waals surface area contributed by atoms with Crippen LogP contribution in [0.4, 0.5) is 0 Å². The van der Waals surface area contributed by atoms with E-state index < -0.39 is 0 Å². The average molecular weight is 231 g/mol. The van der Waals surface area contributed by atoms with Crippen LogP contribution in [-0.4, -0.2) is 4.98 Å². The smallest absolute Gasteiger partial charge is 0.0456 e. The molecule has 1 aromatic heterocycles. The first-order valence-electron chi connectivity index (χ1n) is 6.85. The van der Waals surface area contributed by atoms with Gasteiger partial charge in [-0.25, -0.2) is 0 Å². The predicted octanol–water partition coefficient (Wildman–Crippen LogP) is 5.17. The lowest BCUT2D eigenvalue weighted by Crippen LogP contribution is -1.98. The summed E-state index contributed by atoms with van der Waals surface area (Å²) in [6, 6.07) is 8.86. The maximum Gasteiger partial charge on any atom is 0.0456 e. The van der Waals surface area contributed by atoms with Gasteiger partial charge in [-0.15, -0.1) is 0 Å². The highest BCUT2D eigenvalue weighted by atomic mass is 14.7. The lowest BCUT2D eigenvalue weighted by molar-refractivity contribution is 0.523. The minimum atomic E-state index is 0.794. The average Bonchev–Trinajstić information content (AvgIpc) is 2.79. The predicted molar refractivity (Wildman–Crippen MR) is 77.4 cm³/mol. The number of hydrogen-bond donors (Lipinski definition) is 1. The Hall–Kier alpha value is -1.24. The molecule has 0 radical (unpaired) electrons. The Balaban J connectivity index is 0.000000686. The van der Waals surface area contributed by atoms with Crippen molar-refractivity contribution in [3.05, 3.63) is 36.0 Å². The quantitative estimate of drug-likeness (QED) is 0.747. The maximum absolute atomic E-state index is 3.27. The maximum atomic E-state index is 3.27. The summed E-state index contributed by atoms with van der Waals surface area (Å²) in [7, 11) is 0. The third kappa shape index (κ3) is 3.92. The molecule has 1 aromatic carbocycles. The Morgan fingerprint density at radius 3 is 2.65 bits per heavy atom. The molecule has 0 bridgehead atoms. The molecule has 1 atom stereocenters. The monoisotopic (exact) mass is 231 g/mol. The molecule has 1 unspecified atom stereocenters. The summed E-state index contributed by atoms with van der Waals surface area (Å²) in [4.78, 5) is 3.27. The zero-order valence-corrected chi connectivity index (χ0v) is 11.6. The van der Waals surface area contributed by atoms with Gasteiger partial charge in [0.15, 0.2) is 0 Å². The molecule has 1 nitrogen and oxygen atoms in total. The van der Waals surface area contributed by atoms with Gasteiger partial charge in [-0.1, -0.05) is 52.7 Å². The van der Waals surface area contributed by atoms with Gasteiger partial charge in [0.05, 0.1) is 0 Å². The lowest BCUT2D eigenvalue weighted by atomic mass is 9.96. The molecule has 1 heteroatoms. The van der Waals surface area contributed by atoms with Crippen LogP contribution in [0.1, 0.15) is 46.1 Å². The van der Waals surface area contributed by atoms with Gasteiger partial charge in [-0.05, 0) is 35.4 Å². The highest BCUT2D eigenvalue weighted by molar-refractivity contribution is 5.79. The number of aromatic nitrogens is 1. The van der Waals surface area contributed by atoms with Gasteiger partial charge in [0.2, 0.25) is 0 Å². The fourth-order valence-electron chi connectivity index (χ4n) is 2.22. The number of benzene rings is 1. The van der Waals surface area contributed by atoms with Gasteiger partial charge in [0, 0.05) is 11.7 Å².